The molecular weight excluding hydrogens is 424 g/mol. The molecule has 6 aliphatic heterocycles. The van der Waals surface area contributed by atoms with Gasteiger partial charge in [0.15, 0.2) is 5.79 Å². The van der Waals surface area contributed by atoms with Crippen molar-refractivity contribution in [1.82, 2.24) is 0 Å². The van der Waals surface area contributed by atoms with E-state index in [-0.39, 0.29) is 28.8 Å². The highest BCUT2D eigenvalue weighted by atomic mass is 16.7. The number of rotatable bonds is 3. The average Bonchev–Trinajstić information content (AvgIpc) is 3.40. The summed E-state index contributed by atoms with van der Waals surface area (Å²) in [5.41, 5.74) is -0.107. The number of ether oxygens (including phenoxy) is 6. The largest absolute Gasteiger partial charge is 0.386 e. The second-order valence-electron chi connectivity index (χ2n) is 11.7. The second-order valence-corrected chi connectivity index (χ2v) is 11.7. The summed E-state index contributed by atoms with van der Waals surface area (Å²) in [5.74, 6) is 0.108. The normalized spacial score (nSPS) is 56.8. The molecule has 4 aliphatic carbocycles. The number of allylic oxidation sites excluding steroid dienone is 1. The molecule has 0 aromatic rings. The van der Waals surface area contributed by atoms with Gasteiger partial charge >= 0.3 is 0 Å². The van der Waals surface area contributed by atoms with E-state index < -0.39 is 11.4 Å². The van der Waals surface area contributed by atoms with E-state index in [0.717, 1.165) is 44.9 Å². The molecule has 3 spiro atoms. The van der Waals surface area contributed by atoms with Crippen molar-refractivity contribution in [2.24, 2.45) is 17.3 Å². The van der Waals surface area contributed by atoms with E-state index >= 15 is 0 Å². The van der Waals surface area contributed by atoms with Crippen LogP contribution in [-0.2, 0) is 28.4 Å². The molecule has 0 amide bonds. The summed E-state index contributed by atoms with van der Waals surface area (Å²) in [6.45, 7) is 7.22. The molecule has 7 heteroatoms. The lowest BCUT2D eigenvalue weighted by Gasteiger charge is -2.55. The lowest BCUT2D eigenvalue weighted by atomic mass is 9.52. The molecule has 1 N–H and O–H groups in total. The summed E-state index contributed by atoms with van der Waals surface area (Å²) >= 11 is 0. The van der Waals surface area contributed by atoms with Crippen LogP contribution in [0.2, 0.25) is 0 Å². The minimum atomic E-state index is -0.917. The summed E-state index contributed by atoms with van der Waals surface area (Å²) in [7, 11) is 0. The standard InChI is InChI=1S/C26H38O7/c1-3-28-15-21-24(27)9-6-18-17-4-8-23-16-26(32-13-11-30-21)20(29-10-12-31-26)14-25(23,33-23)19(17)5-7-22(18,24)2/h5,17-18,20-21,27H,3-4,6-16H2,1-2H3/t17-,18+,20?,21?,22-,23-,24+,25+,26?/m0/s1. The molecule has 0 aromatic heterocycles. The number of epoxide rings is 1. The Labute approximate surface area is 196 Å². The van der Waals surface area contributed by atoms with Gasteiger partial charge in [-0.15, -0.1) is 0 Å². The van der Waals surface area contributed by atoms with Crippen molar-refractivity contribution >= 4 is 0 Å². The first-order valence-corrected chi connectivity index (χ1v) is 13.1. The highest BCUT2D eigenvalue weighted by Crippen LogP contribution is 2.74. The summed E-state index contributed by atoms with van der Waals surface area (Å²) in [6.07, 6.45) is 8.22. The molecule has 0 radical (unpaired) electrons. The van der Waals surface area contributed by atoms with Crippen molar-refractivity contribution in [2.75, 3.05) is 39.6 Å². The lowest BCUT2D eigenvalue weighted by molar-refractivity contribution is -0.343. The van der Waals surface area contributed by atoms with Crippen molar-refractivity contribution in [3.63, 3.8) is 0 Å². The molecular formula is C26H38O7. The molecule has 10 aliphatic rings. The smallest absolute Gasteiger partial charge is 0.197 e. The van der Waals surface area contributed by atoms with Crippen LogP contribution in [0.3, 0.4) is 0 Å². The molecule has 3 saturated carbocycles. The van der Waals surface area contributed by atoms with Crippen LogP contribution in [0.5, 0.6) is 0 Å². The van der Waals surface area contributed by atoms with Crippen LogP contribution < -0.4 is 0 Å². The molecule has 10 rings (SSSR count). The van der Waals surface area contributed by atoms with Gasteiger partial charge in [-0.05, 0) is 56.4 Å². The monoisotopic (exact) mass is 462 g/mol. The van der Waals surface area contributed by atoms with Gasteiger partial charge in [-0.3, -0.25) is 0 Å². The Hall–Kier alpha value is -0.540. The Bertz CT molecular complexity index is 862. The van der Waals surface area contributed by atoms with Gasteiger partial charge in [-0.1, -0.05) is 13.0 Å². The first-order chi connectivity index (χ1) is 15.9. The molecule has 8 bridgehead atoms. The lowest BCUT2D eigenvalue weighted by Crippen LogP contribution is -2.64. The van der Waals surface area contributed by atoms with Gasteiger partial charge in [0.2, 0.25) is 0 Å². The first-order valence-electron chi connectivity index (χ1n) is 13.1. The van der Waals surface area contributed by atoms with Gasteiger partial charge in [0.25, 0.3) is 0 Å². The Morgan fingerprint density at radius 2 is 1.91 bits per heavy atom. The zero-order valence-electron chi connectivity index (χ0n) is 20.0. The quantitative estimate of drug-likeness (QED) is 0.510. The van der Waals surface area contributed by atoms with Gasteiger partial charge in [0, 0.05) is 24.9 Å². The predicted molar refractivity (Wildman–Crippen MR) is 118 cm³/mol. The molecule has 7 fully saturated rings. The molecule has 4 saturated heterocycles. The van der Waals surface area contributed by atoms with Crippen LogP contribution in [0.1, 0.15) is 58.8 Å². The van der Waals surface area contributed by atoms with E-state index in [1.54, 1.807) is 0 Å². The molecule has 0 aromatic carbocycles. The van der Waals surface area contributed by atoms with Gasteiger partial charge in [0.05, 0.1) is 38.6 Å². The Kier molecular flexibility index (Phi) is 4.62. The third-order valence-corrected chi connectivity index (χ3v) is 10.7. The molecule has 9 atom stereocenters. The Morgan fingerprint density at radius 1 is 1.09 bits per heavy atom. The molecule has 3 unspecified atom stereocenters. The SMILES string of the molecule is CCOCC1OCCOC23C[C@@]45CC[C@@H]6C(=CC[C@@]7(C)[C@@H]6CC[C@@]17O)[C@@]4(CC2OCCO3)O5. The number of aliphatic hydroxyl groups is 1. The maximum atomic E-state index is 12.2. The van der Waals surface area contributed by atoms with Crippen LogP contribution >= 0.6 is 0 Å². The zero-order valence-corrected chi connectivity index (χ0v) is 20.0. The second kappa shape index (κ2) is 7.02. The van der Waals surface area contributed by atoms with E-state index in [1.165, 1.54) is 5.57 Å². The molecule has 6 heterocycles. The fourth-order valence-corrected chi connectivity index (χ4v) is 9.00. The summed E-state index contributed by atoms with van der Waals surface area (Å²) in [6, 6.07) is 0. The van der Waals surface area contributed by atoms with Gasteiger partial charge in [-0.2, -0.15) is 0 Å². The Balaban J connectivity index is 1.33. The molecule has 33 heavy (non-hydrogen) atoms. The minimum Gasteiger partial charge on any atom is -0.386 e. The van der Waals surface area contributed by atoms with Crippen molar-refractivity contribution in [3.05, 3.63) is 11.6 Å². The highest BCUT2D eigenvalue weighted by Gasteiger charge is 2.82. The van der Waals surface area contributed by atoms with Crippen LogP contribution in [0.4, 0.5) is 0 Å². The van der Waals surface area contributed by atoms with Crippen molar-refractivity contribution in [3.8, 4) is 0 Å². The summed E-state index contributed by atoms with van der Waals surface area (Å²) in [4.78, 5) is 0. The van der Waals surface area contributed by atoms with Crippen LogP contribution in [-0.4, -0.2) is 79.5 Å². The van der Waals surface area contributed by atoms with E-state index in [1.807, 2.05) is 6.92 Å². The average molecular weight is 463 g/mol. The van der Waals surface area contributed by atoms with Gasteiger partial charge in [-0.25, -0.2) is 0 Å². The Morgan fingerprint density at radius 3 is 2.73 bits per heavy atom. The van der Waals surface area contributed by atoms with Crippen LogP contribution in [0.15, 0.2) is 11.6 Å². The minimum absolute atomic E-state index is 0.127. The molecule has 7 nitrogen and oxygen atoms in total. The zero-order chi connectivity index (χ0) is 22.5. The topological polar surface area (TPSA) is 78.9 Å². The maximum Gasteiger partial charge on any atom is 0.197 e. The first kappa shape index (κ1) is 21.7. The van der Waals surface area contributed by atoms with Crippen LogP contribution in [0, 0.1) is 17.3 Å². The highest BCUT2D eigenvalue weighted by molar-refractivity contribution is 5.44. The van der Waals surface area contributed by atoms with Gasteiger partial charge in [0.1, 0.15) is 23.4 Å². The number of hydrogen-bond donors (Lipinski definition) is 1. The van der Waals surface area contributed by atoms with Crippen LogP contribution in [0.25, 0.3) is 0 Å². The molecule has 184 valence electrons. The fraction of sp³-hybridized carbons (Fsp3) is 0.923. The van der Waals surface area contributed by atoms with E-state index in [2.05, 4.69) is 13.0 Å². The van der Waals surface area contributed by atoms with Gasteiger partial charge < -0.3 is 33.5 Å². The predicted octanol–water partition coefficient (Wildman–Crippen LogP) is 2.74. The maximum absolute atomic E-state index is 12.2. The third kappa shape index (κ3) is 2.60. The van der Waals surface area contributed by atoms with Crippen molar-refractivity contribution in [1.29, 1.82) is 0 Å². The summed E-state index contributed by atoms with van der Waals surface area (Å²) in [5, 5.41) is 12.2. The van der Waals surface area contributed by atoms with Crippen molar-refractivity contribution < 1.29 is 33.5 Å². The summed E-state index contributed by atoms with van der Waals surface area (Å²) < 4.78 is 38.1. The third-order valence-electron chi connectivity index (χ3n) is 10.7. The van der Waals surface area contributed by atoms with E-state index in [9.17, 15) is 5.11 Å². The van der Waals surface area contributed by atoms with E-state index in [4.69, 9.17) is 28.4 Å². The van der Waals surface area contributed by atoms with Crippen molar-refractivity contribution in [2.45, 2.75) is 93.6 Å². The van der Waals surface area contributed by atoms with E-state index in [0.29, 0.717) is 51.5 Å². The number of hydrogen-bond acceptors (Lipinski definition) is 7. The fourth-order valence-electron chi connectivity index (χ4n) is 9.00. The number of fused-ring (bicyclic) bond motifs is 1.